The predicted octanol–water partition coefficient (Wildman–Crippen LogP) is 1.36. The molecule has 0 fully saturated rings. The number of sulfone groups is 1. The van der Waals surface area contributed by atoms with Crippen LogP contribution in [0.5, 0.6) is 0 Å². The Balaban J connectivity index is 4.19. The lowest BCUT2D eigenvalue weighted by molar-refractivity contribution is 0.481. The Bertz CT molecular complexity index is 259. The molecule has 0 aromatic carbocycles. The quantitative estimate of drug-likeness (QED) is 0.519. The summed E-state index contributed by atoms with van der Waals surface area (Å²) in [7, 11) is -1.13. The third-order valence-corrected chi connectivity index (χ3v) is 4.22. The molecule has 0 spiro atoms. The Morgan fingerprint density at radius 2 is 2.07 bits per heavy atom. The van der Waals surface area contributed by atoms with Crippen LogP contribution in [0.2, 0.25) is 0 Å². The zero-order valence-corrected chi connectivity index (χ0v) is 10.1. The average molecular weight is 219 g/mol. The van der Waals surface area contributed by atoms with E-state index in [1.807, 2.05) is 6.08 Å². The van der Waals surface area contributed by atoms with E-state index in [1.54, 1.807) is 14.0 Å². The maximum Gasteiger partial charge on any atom is 0.151 e. The van der Waals surface area contributed by atoms with Crippen molar-refractivity contribution in [1.29, 1.82) is 0 Å². The van der Waals surface area contributed by atoms with Crippen molar-refractivity contribution in [2.24, 2.45) is 0 Å². The van der Waals surface area contributed by atoms with Crippen molar-refractivity contribution in [3.05, 3.63) is 12.7 Å². The number of allylic oxidation sites excluding steroid dienone is 1. The minimum absolute atomic E-state index is 0.0462. The van der Waals surface area contributed by atoms with Gasteiger partial charge in [-0.2, -0.15) is 0 Å². The van der Waals surface area contributed by atoms with Crippen molar-refractivity contribution in [3.8, 4) is 0 Å². The van der Waals surface area contributed by atoms with Crippen LogP contribution in [0.3, 0.4) is 0 Å². The molecule has 0 saturated carbocycles. The van der Waals surface area contributed by atoms with Crippen LogP contribution in [-0.2, 0) is 9.84 Å². The van der Waals surface area contributed by atoms with Crippen molar-refractivity contribution < 1.29 is 8.42 Å². The van der Waals surface area contributed by atoms with Crippen LogP contribution in [0.25, 0.3) is 0 Å². The van der Waals surface area contributed by atoms with Crippen LogP contribution in [0.15, 0.2) is 12.7 Å². The fourth-order valence-electron chi connectivity index (χ4n) is 1.39. The average Bonchev–Trinajstić information content (AvgIpc) is 2.10. The van der Waals surface area contributed by atoms with Crippen LogP contribution in [-0.4, -0.2) is 33.0 Å². The van der Waals surface area contributed by atoms with Gasteiger partial charge in [0.25, 0.3) is 0 Å². The van der Waals surface area contributed by atoms with Gasteiger partial charge in [0.05, 0.1) is 5.25 Å². The van der Waals surface area contributed by atoms with Crippen molar-refractivity contribution in [2.75, 3.05) is 13.3 Å². The normalized spacial score (nSPS) is 16.2. The Labute approximate surface area is 87.5 Å². The predicted molar refractivity (Wildman–Crippen MR) is 61.2 cm³/mol. The molecule has 0 bridgehead atoms. The Hall–Kier alpha value is -0.350. The van der Waals surface area contributed by atoms with Gasteiger partial charge in [0, 0.05) is 12.3 Å². The maximum absolute atomic E-state index is 11.3. The molecule has 84 valence electrons. The third kappa shape index (κ3) is 4.77. The molecule has 0 saturated heterocycles. The van der Waals surface area contributed by atoms with Crippen LogP contribution in [0.4, 0.5) is 0 Å². The van der Waals surface area contributed by atoms with Crippen LogP contribution in [0, 0.1) is 0 Å². The Kier molecular flexibility index (Phi) is 6.04. The summed E-state index contributed by atoms with van der Waals surface area (Å²) in [6.45, 7) is 5.39. The zero-order valence-electron chi connectivity index (χ0n) is 9.29. The SMILES string of the molecule is C=CCCCC(NC)C(C)S(C)(=O)=O. The van der Waals surface area contributed by atoms with Gasteiger partial charge in [0.1, 0.15) is 0 Å². The first-order valence-electron chi connectivity index (χ1n) is 4.90. The maximum atomic E-state index is 11.3. The van der Waals surface area contributed by atoms with E-state index in [1.165, 1.54) is 6.26 Å². The first-order chi connectivity index (χ1) is 6.43. The van der Waals surface area contributed by atoms with Crippen molar-refractivity contribution in [2.45, 2.75) is 37.5 Å². The minimum Gasteiger partial charge on any atom is -0.316 e. The molecule has 4 heteroatoms. The molecule has 0 amide bonds. The summed E-state index contributed by atoms with van der Waals surface area (Å²) in [6.07, 6.45) is 5.94. The van der Waals surface area contributed by atoms with Gasteiger partial charge in [-0.25, -0.2) is 8.42 Å². The number of hydrogen-bond donors (Lipinski definition) is 1. The van der Waals surface area contributed by atoms with E-state index in [2.05, 4.69) is 11.9 Å². The van der Waals surface area contributed by atoms with E-state index in [0.717, 1.165) is 19.3 Å². The highest BCUT2D eigenvalue weighted by atomic mass is 32.2. The van der Waals surface area contributed by atoms with Gasteiger partial charge in [0.2, 0.25) is 0 Å². The first kappa shape index (κ1) is 13.7. The van der Waals surface area contributed by atoms with E-state index >= 15 is 0 Å². The second-order valence-corrected chi connectivity index (χ2v) is 6.05. The molecular weight excluding hydrogens is 198 g/mol. The fraction of sp³-hybridized carbons (Fsp3) is 0.800. The Morgan fingerprint density at radius 3 is 2.43 bits per heavy atom. The van der Waals surface area contributed by atoms with E-state index in [0.29, 0.717) is 0 Å². The Morgan fingerprint density at radius 1 is 1.50 bits per heavy atom. The summed E-state index contributed by atoms with van der Waals surface area (Å²) >= 11 is 0. The lowest BCUT2D eigenvalue weighted by atomic mass is 10.1. The monoisotopic (exact) mass is 219 g/mol. The summed E-state index contributed by atoms with van der Waals surface area (Å²) in [6, 6.07) is 0.0462. The molecule has 2 atom stereocenters. The summed E-state index contributed by atoms with van der Waals surface area (Å²) < 4.78 is 22.6. The minimum atomic E-state index is -2.94. The van der Waals surface area contributed by atoms with Gasteiger partial charge in [-0.3, -0.25) is 0 Å². The number of nitrogens with one attached hydrogen (secondary N) is 1. The zero-order chi connectivity index (χ0) is 11.2. The van der Waals surface area contributed by atoms with Crippen LogP contribution < -0.4 is 5.32 Å². The van der Waals surface area contributed by atoms with E-state index in [4.69, 9.17) is 0 Å². The van der Waals surface area contributed by atoms with Gasteiger partial charge >= 0.3 is 0 Å². The second-order valence-electron chi connectivity index (χ2n) is 3.65. The van der Waals surface area contributed by atoms with Gasteiger partial charge < -0.3 is 5.32 Å². The molecule has 0 rings (SSSR count). The molecule has 1 N–H and O–H groups in total. The summed E-state index contributed by atoms with van der Waals surface area (Å²) in [4.78, 5) is 0. The second kappa shape index (κ2) is 6.19. The molecule has 0 aliphatic carbocycles. The van der Waals surface area contributed by atoms with E-state index in [-0.39, 0.29) is 11.3 Å². The van der Waals surface area contributed by atoms with Crippen molar-refractivity contribution in [1.82, 2.24) is 5.32 Å². The number of unbranched alkanes of at least 4 members (excludes halogenated alkanes) is 1. The van der Waals surface area contributed by atoms with Gasteiger partial charge in [0.15, 0.2) is 9.84 Å². The highest BCUT2D eigenvalue weighted by Crippen LogP contribution is 2.11. The van der Waals surface area contributed by atoms with Gasteiger partial charge in [-0.05, 0) is 33.2 Å². The van der Waals surface area contributed by atoms with Crippen LogP contribution >= 0.6 is 0 Å². The smallest absolute Gasteiger partial charge is 0.151 e. The highest BCUT2D eigenvalue weighted by Gasteiger charge is 2.23. The van der Waals surface area contributed by atoms with E-state index in [9.17, 15) is 8.42 Å². The van der Waals surface area contributed by atoms with E-state index < -0.39 is 9.84 Å². The largest absolute Gasteiger partial charge is 0.316 e. The lowest BCUT2D eigenvalue weighted by Gasteiger charge is -2.21. The standard InChI is InChI=1S/C10H21NO2S/c1-5-6-7-8-10(11-3)9(2)14(4,12)13/h5,9-11H,1,6-8H2,2-4H3. The highest BCUT2D eigenvalue weighted by molar-refractivity contribution is 7.91. The molecule has 0 aromatic rings. The molecule has 0 aliphatic rings. The fourth-order valence-corrected chi connectivity index (χ4v) is 2.26. The molecule has 0 aliphatic heterocycles. The van der Waals surface area contributed by atoms with Crippen LogP contribution in [0.1, 0.15) is 26.2 Å². The summed E-state index contributed by atoms with van der Waals surface area (Å²) in [5.41, 5.74) is 0. The van der Waals surface area contributed by atoms with Gasteiger partial charge in [-0.15, -0.1) is 6.58 Å². The van der Waals surface area contributed by atoms with Gasteiger partial charge in [-0.1, -0.05) is 6.08 Å². The third-order valence-electron chi connectivity index (χ3n) is 2.54. The number of hydrogen-bond acceptors (Lipinski definition) is 3. The summed E-state index contributed by atoms with van der Waals surface area (Å²) in [5.74, 6) is 0. The van der Waals surface area contributed by atoms with Crippen molar-refractivity contribution in [3.63, 3.8) is 0 Å². The molecule has 0 heterocycles. The molecule has 14 heavy (non-hydrogen) atoms. The molecule has 3 nitrogen and oxygen atoms in total. The molecule has 0 radical (unpaired) electrons. The first-order valence-corrected chi connectivity index (χ1v) is 6.86. The van der Waals surface area contributed by atoms with Crippen molar-refractivity contribution >= 4 is 9.84 Å². The lowest BCUT2D eigenvalue weighted by Crippen LogP contribution is -2.40. The topological polar surface area (TPSA) is 46.2 Å². The summed E-state index contributed by atoms with van der Waals surface area (Å²) in [5, 5.41) is 2.73. The number of rotatable bonds is 7. The molecular formula is C10H21NO2S. The molecule has 0 aromatic heterocycles. The molecule has 2 unspecified atom stereocenters.